The van der Waals surface area contributed by atoms with Crippen LogP contribution in [0.1, 0.15) is 42.5 Å². The molecule has 2 N–H and O–H groups in total. The molecule has 1 aliphatic heterocycles. The van der Waals surface area contributed by atoms with Crippen LogP contribution in [0.15, 0.2) is 11.4 Å². The van der Waals surface area contributed by atoms with Crippen molar-refractivity contribution in [1.29, 1.82) is 0 Å². The summed E-state index contributed by atoms with van der Waals surface area (Å²) in [7, 11) is 0. The summed E-state index contributed by atoms with van der Waals surface area (Å²) in [5.74, 6) is 0.400. The Balaban J connectivity index is 1.63. The Morgan fingerprint density at radius 1 is 1.24 bits per heavy atom. The van der Waals surface area contributed by atoms with Crippen molar-refractivity contribution in [3.63, 3.8) is 0 Å². The molecule has 5 nitrogen and oxygen atoms in total. The summed E-state index contributed by atoms with van der Waals surface area (Å²) in [6, 6.07) is 1.36. The number of carboxylic acids is 1. The molecule has 3 rings (SSSR count). The van der Waals surface area contributed by atoms with E-state index < -0.39 is 5.97 Å². The van der Waals surface area contributed by atoms with Crippen LogP contribution in [0.4, 0.5) is 9.80 Å². The number of rotatable bonds is 2. The van der Waals surface area contributed by atoms with Gasteiger partial charge in [-0.2, -0.15) is 0 Å². The fourth-order valence-corrected chi connectivity index (χ4v) is 4.30. The van der Waals surface area contributed by atoms with Crippen LogP contribution in [0.2, 0.25) is 0 Å². The molecule has 1 aromatic heterocycles. The first-order valence-corrected chi connectivity index (χ1v) is 8.40. The Morgan fingerprint density at radius 2 is 2.00 bits per heavy atom. The first kappa shape index (κ1) is 14.4. The van der Waals surface area contributed by atoms with Gasteiger partial charge in [0.05, 0.1) is 5.56 Å². The number of aromatic carboxylic acids is 1. The van der Waals surface area contributed by atoms with E-state index in [1.165, 1.54) is 43.1 Å². The van der Waals surface area contributed by atoms with Crippen molar-refractivity contribution in [3.8, 4) is 0 Å². The standard InChI is InChI=1S/C15H20N2O3S/c18-14(19)12-6-8-21-13(12)16-15(20)17-7-5-10-3-1-2-4-11(10)9-17/h6,8,10-11H,1-5,7,9H2,(H,16,20)(H,18,19). The number of nitrogens with zero attached hydrogens (tertiary/aromatic N) is 1. The maximum absolute atomic E-state index is 12.3. The van der Waals surface area contributed by atoms with Crippen LogP contribution in [-0.4, -0.2) is 35.1 Å². The number of urea groups is 1. The average Bonchev–Trinajstić information content (AvgIpc) is 2.95. The molecular weight excluding hydrogens is 288 g/mol. The van der Waals surface area contributed by atoms with E-state index >= 15 is 0 Å². The highest BCUT2D eigenvalue weighted by Crippen LogP contribution is 2.36. The van der Waals surface area contributed by atoms with Gasteiger partial charge in [-0.05, 0) is 36.1 Å². The number of carbonyl (C=O) groups excluding carboxylic acids is 1. The zero-order chi connectivity index (χ0) is 14.8. The van der Waals surface area contributed by atoms with Crippen molar-refractivity contribution in [2.24, 2.45) is 11.8 Å². The monoisotopic (exact) mass is 308 g/mol. The van der Waals surface area contributed by atoms with Crippen LogP contribution >= 0.6 is 11.3 Å². The van der Waals surface area contributed by atoms with Crippen molar-refractivity contribution < 1.29 is 14.7 Å². The normalized spacial score (nSPS) is 25.2. The molecule has 1 aromatic rings. The van der Waals surface area contributed by atoms with Gasteiger partial charge in [0.1, 0.15) is 5.00 Å². The third kappa shape index (κ3) is 3.05. The molecule has 0 aromatic carbocycles. The topological polar surface area (TPSA) is 69.6 Å². The van der Waals surface area contributed by atoms with Gasteiger partial charge in [0.2, 0.25) is 0 Å². The first-order valence-electron chi connectivity index (χ1n) is 7.52. The number of fused-ring (bicyclic) bond motifs is 1. The van der Waals surface area contributed by atoms with Crippen LogP contribution in [-0.2, 0) is 0 Å². The molecule has 2 fully saturated rings. The zero-order valence-corrected chi connectivity index (χ0v) is 12.7. The molecule has 2 atom stereocenters. The number of carbonyl (C=O) groups is 2. The quantitative estimate of drug-likeness (QED) is 0.878. The predicted molar refractivity (Wildman–Crippen MR) is 81.9 cm³/mol. The maximum Gasteiger partial charge on any atom is 0.338 e. The predicted octanol–water partition coefficient (Wildman–Crippen LogP) is 3.49. The highest BCUT2D eigenvalue weighted by Gasteiger charge is 2.33. The Bertz CT molecular complexity index is 543. The second kappa shape index (κ2) is 6.05. The minimum atomic E-state index is -1.00. The number of piperidine rings is 1. The smallest absolute Gasteiger partial charge is 0.338 e. The van der Waals surface area contributed by atoms with Crippen LogP contribution < -0.4 is 5.32 Å². The third-order valence-electron chi connectivity index (χ3n) is 4.69. The summed E-state index contributed by atoms with van der Waals surface area (Å²) in [5.41, 5.74) is 0.168. The Morgan fingerprint density at radius 3 is 2.76 bits per heavy atom. The van der Waals surface area contributed by atoms with Gasteiger partial charge in [0, 0.05) is 13.1 Å². The van der Waals surface area contributed by atoms with Crippen molar-refractivity contribution in [2.75, 3.05) is 18.4 Å². The van der Waals surface area contributed by atoms with Crippen LogP contribution in [0.3, 0.4) is 0 Å². The average molecular weight is 308 g/mol. The lowest BCUT2D eigenvalue weighted by Crippen LogP contribution is -2.46. The number of hydrogen-bond acceptors (Lipinski definition) is 3. The van der Waals surface area contributed by atoms with E-state index in [-0.39, 0.29) is 11.6 Å². The van der Waals surface area contributed by atoms with E-state index in [1.807, 2.05) is 4.90 Å². The molecule has 2 unspecified atom stereocenters. The van der Waals surface area contributed by atoms with Gasteiger partial charge in [-0.1, -0.05) is 19.3 Å². The summed E-state index contributed by atoms with van der Waals surface area (Å²) in [6.45, 7) is 1.59. The van der Waals surface area contributed by atoms with Gasteiger partial charge in [0.25, 0.3) is 0 Å². The van der Waals surface area contributed by atoms with Crippen molar-refractivity contribution in [3.05, 3.63) is 17.0 Å². The summed E-state index contributed by atoms with van der Waals surface area (Å²) in [6.07, 6.45) is 6.19. The van der Waals surface area contributed by atoms with Gasteiger partial charge < -0.3 is 10.0 Å². The lowest BCUT2D eigenvalue weighted by Gasteiger charge is -2.41. The van der Waals surface area contributed by atoms with E-state index in [1.54, 1.807) is 5.38 Å². The molecular formula is C15H20N2O3S. The number of carboxylic acid groups (broad SMARTS) is 1. The number of hydrogen-bond donors (Lipinski definition) is 2. The Hall–Kier alpha value is -1.56. The molecule has 0 spiro atoms. The maximum atomic E-state index is 12.3. The van der Waals surface area contributed by atoms with E-state index in [2.05, 4.69) is 5.32 Å². The second-order valence-corrected chi connectivity index (χ2v) is 6.85. The molecule has 1 saturated carbocycles. The number of anilines is 1. The van der Waals surface area contributed by atoms with Crippen molar-refractivity contribution in [2.45, 2.75) is 32.1 Å². The molecule has 2 heterocycles. The summed E-state index contributed by atoms with van der Waals surface area (Å²) < 4.78 is 0. The Kier molecular flexibility index (Phi) is 4.14. The fourth-order valence-electron chi connectivity index (χ4n) is 3.54. The molecule has 1 aliphatic carbocycles. The molecule has 21 heavy (non-hydrogen) atoms. The van der Waals surface area contributed by atoms with Gasteiger partial charge in [-0.25, -0.2) is 9.59 Å². The van der Waals surface area contributed by atoms with Crippen molar-refractivity contribution in [1.82, 2.24) is 4.90 Å². The van der Waals surface area contributed by atoms with Crippen LogP contribution in [0.5, 0.6) is 0 Å². The largest absolute Gasteiger partial charge is 0.478 e. The molecule has 2 aliphatic rings. The van der Waals surface area contributed by atoms with Gasteiger partial charge in [0.15, 0.2) is 0 Å². The molecule has 114 valence electrons. The zero-order valence-electron chi connectivity index (χ0n) is 11.9. The molecule has 0 radical (unpaired) electrons. The number of thiophene rings is 1. The number of nitrogens with one attached hydrogen (secondary N) is 1. The highest BCUT2D eigenvalue weighted by atomic mass is 32.1. The molecule has 6 heteroatoms. The van der Waals surface area contributed by atoms with E-state index in [9.17, 15) is 9.59 Å². The Labute approximate surface area is 128 Å². The molecule has 1 saturated heterocycles. The number of amides is 2. The summed E-state index contributed by atoms with van der Waals surface area (Å²) in [5, 5.41) is 14.0. The minimum Gasteiger partial charge on any atom is -0.478 e. The fraction of sp³-hybridized carbons (Fsp3) is 0.600. The summed E-state index contributed by atoms with van der Waals surface area (Å²) >= 11 is 1.25. The van der Waals surface area contributed by atoms with E-state index in [4.69, 9.17) is 5.11 Å². The van der Waals surface area contributed by atoms with Crippen molar-refractivity contribution >= 4 is 28.3 Å². The molecule has 2 amide bonds. The second-order valence-electron chi connectivity index (χ2n) is 5.94. The first-order chi connectivity index (χ1) is 10.1. The summed E-state index contributed by atoms with van der Waals surface area (Å²) in [4.78, 5) is 25.3. The van der Waals surface area contributed by atoms with E-state index in [0.29, 0.717) is 10.9 Å². The van der Waals surface area contributed by atoms with E-state index in [0.717, 1.165) is 25.4 Å². The lowest BCUT2D eigenvalue weighted by molar-refractivity contribution is 0.0698. The SMILES string of the molecule is O=C(O)c1ccsc1NC(=O)N1CCC2CCCCC2C1. The minimum absolute atomic E-state index is 0.163. The van der Waals surface area contributed by atoms with Crippen LogP contribution in [0.25, 0.3) is 0 Å². The van der Waals surface area contributed by atoms with Gasteiger partial charge >= 0.3 is 12.0 Å². The highest BCUT2D eigenvalue weighted by molar-refractivity contribution is 7.14. The molecule has 0 bridgehead atoms. The lowest BCUT2D eigenvalue weighted by atomic mass is 9.75. The number of likely N-dealkylation sites (tertiary alicyclic amines) is 1. The van der Waals surface area contributed by atoms with Gasteiger partial charge in [-0.3, -0.25) is 5.32 Å². The van der Waals surface area contributed by atoms with Crippen LogP contribution in [0, 0.1) is 11.8 Å². The van der Waals surface area contributed by atoms with Gasteiger partial charge in [-0.15, -0.1) is 11.3 Å². The third-order valence-corrected chi connectivity index (χ3v) is 5.52.